The van der Waals surface area contributed by atoms with Crippen LogP contribution in [0.2, 0.25) is 0 Å². The number of fused-ring (bicyclic) bond motifs is 4. The molecule has 0 aliphatic carbocycles. The molecule has 1 unspecified atom stereocenters. The molecule has 0 aliphatic heterocycles. The highest BCUT2D eigenvalue weighted by Gasteiger charge is 2.53. The molecule has 0 spiro atoms. The lowest BCUT2D eigenvalue weighted by Crippen LogP contribution is -3.07. The topological polar surface area (TPSA) is 4.44 Å². The second kappa shape index (κ2) is 36.5. The van der Waals surface area contributed by atoms with Crippen molar-refractivity contribution in [3.63, 3.8) is 0 Å². The van der Waals surface area contributed by atoms with Crippen LogP contribution >= 0.6 is 0 Å². The lowest BCUT2D eigenvalue weighted by molar-refractivity contribution is -0.833. The van der Waals surface area contributed by atoms with Crippen LogP contribution < -0.4 is 26.8 Å². The van der Waals surface area contributed by atoms with Crippen molar-refractivity contribution in [2.75, 3.05) is 13.1 Å². The van der Waals surface area contributed by atoms with Crippen LogP contribution in [0.3, 0.4) is 0 Å². The molecule has 1 atom stereocenters. The van der Waals surface area contributed by atoms with Gasteiger partial charge in [-0.3, -0.25) is 0 Å². The second-order valence-electron chi connectivity index (χ2n) is 26.7. The standard InChI is InChI=1S/C40BF28.C37H69N/c42-13-1-5(25(54)37(66)33(62)21(1)50)17(46)29(58)9(13)41(10-14(43)2-6(18(47)30(10)59)26(55)38(67)34(63)22(2)51,11-15(44)3-7(19(48)31(11)60)27(56)39(68)35(64)23(3)52)12-16(45)4-8(20(49)32(12)61)28(57)40(69)36(65)24(4)53;1-4-6-8-10-12-14-16-17-18-19-20-21-23-25-27-31-35-38(37-33-29-28-32-36(37)3)34-30-26-24-22-15-13-11-9-7-5-2/h;28-29,32-33H,4-27,30-31,34-35H2,1-3H3/q-1;/p+1. The Balaban J connectivity index is 0.000000323. The van der Waals surface area contributed by atoms with Gasteiger partial charge in [-0.2, -0.15) is 0 Å². The molecule has 0 heterocycles. The van der Waals surface area contributed by atoms with Crippen molar-refractivity contribution in [3.8, 4) is 0 Å². The molecule has 0 fully saturated rings. The zero-order valence-electron chi connectivity index (χ0n) is 57.8. The molecule has 9 aromatic carbocycles. The summed E-state index contributed by atoms with van der Waals surface area (Å²) >= 11 is 0. The quantitative estimate of drug-likeness (QED) is 0.0137. The second-order valence-corrected chi connectivity index (χ2v) is 26.7. The summed E-state index contributed by atoms with van der Waals surface area (Å²) in [6, 6.07) is 9.13. The van der Waals surface area contributed by atoms with Crippen LogP contribution in [-0.4, -0.2) is 19.2 Å². The van der Waals surface area contributed by atoms with Crippen LogP contribution in [0.25, 0.3) is 43.1 Å². The fraction of sp³-hybridized carbons (Fsp3) is 0.403. The number of benzene rings is 9. The largest absolute Gasteiger partial charge is 0.302 e. The summed E-state index contributed by atoms with van der Waals surface area (Å²) in [4.78, 5) is 1.74. The van der Waals surface area contributed by atoms with E-state index in [4.69, 9.17) is 0 Å². The van der Waals surface area contributed by atoms with E-state index >= 15 is 87.8 Å². The first-order chi connectivity index (χ1) is 50.8. The van der Waals surface area contributed by atoms with Gasteiger partial charge in [-0.05, 0) is 38.7 Å². The molecule has 107 heavy (non-hydrogen) atoms. The molecule has 1 N–H and O–H groups in total. The summed E-state index contributed by atoms with van der Waals surface area (Å²) < 4.78 is 442. The van der Waals surface area contributed by atoms with Gasteiger partial charge in [0.05, 0.1) is 56.2 Å². The van der Waals surface area contributed by atoms with Gasteiger partial charge < -0.3 is 4.90 Å². The van der Waals surface area contributed by atoms with E-state index in [-0.39, 0.29) is 0 Å². The first-order valence-corrected chi connectivity index (χ1v) is 35.1. The molecule has 0 radical (unpaired) electrons. The number of halogens is 28. The number of unbranched alkanes of at least 4 members (excludes halogenated alkanes) is 24. The van der Waals surface area contributed by atoms with Gasteiger partial charge in [0.1, 0.15) is 58.4 Å². The third kappa shape index (κ3) is 16.1. The van der Waals surface area contributed by atoms with E-state index in [1.807, 2.05) is 0 Å². The molecular formula is C77H70BF28N. The van der Waals surface area contributed by atoms with Crippen molar-refractivity contribution < 1.29 is 128 Å². The molecule has 0 aromatic heterocycles. The average Bonchev–Trinajstić information content (AvgIpc) is 0.668. The average molecular weight is 1550 g/mol. The number of nitrogens with one attached hydrogen (secondary N) is 1. The zero-order chi connectivity index (χ0) is 79.0. The first-order valence-electron chi connectivity index (χ1n) is 35.1. The highest BCUT2D eigenvalue weighted by molar-refractivity contribution is 7.20. The molecule has 0 aliphatic rings. The maximum absolute atomic E-state index is 17.4. The first kappa shape index (κ1) is 84.7. The summed E-state index contributed by atoms with van der Waals surface area (Å²) in [6.45, 7) is 9.56. The molecule has 30 heteroatoms. The Labute approximate surface area is 596 Å². The number of rotatable bonds is 33. The Morgan fingerprint density at radius 2 is 0.374 bits per heavy atom. The lowest BCUT2D eigenvalue weighted by atomic mass is 9.12. The maximum atomic E-state index is 17.4. The van der Waals surface area contributed by atoms with Gasteiger partial charge in [0, 0.05) is 5.56 Å². The van der Waals surface area contributed by atoms with Gasteiger partial charge in [0.15, 0.2) is 116 Å². The Kier molecular flexibility index (Phi) is 28.9. The summed E-state index contributed by atoms with van der Waals surface area (Å²) in [5.41, 5.74) is -12.8. The van der Waals surface area contributed by atoms with E-state index in [2.05, 4.69) is 45.0 Å². The summed E-state index contributed by atoms with van der Waals surface area (Å²) in [6.07, 6.45) is 29.5. The maximum Gasteiger partial charge on any atom is 0.198 e. The highest BCUT2D eigenvalue weighted by atomic mass is 19.2. The van der Waals surface area contributed by atoms with E-state index < -0.39 is 234 Å². The van der Waals surface area contributed by atoms with Crippen LogP contribution in [0.15, 0.2) is 24.3 Å². The van der Waals surface area contributed by atoms with E-state index in [1.165, 1.54) is 186 Å². The Bertz CT molecular complexity index is 4300. The van der Waals surface area contributed by atoms with Gasteiger partial charge in [0.25, 0.3) is 0 Å². The third-order valence-corrected chi connectivity index (χ3v) is 19.9. The van der Waals surface area contributed by atoms with E-state index in [9.17, 15) is 35.1 Å². The minimum absolute atomic E-state index is 1.32. The van der Waals surface area contributed by atoms with Gasteiger partial charge in [-0.1, -0.05) is 173 Å². The van der Waals surface area contributed by atoms with Crippen LogP contribution in [0.1, 0.15) is 186 Å². The molecule has 9 rings (SSSR count). The van der Waals surface area contributed by atoms with E-state index in [0.717, 1.165) is 0 Å². The van der Waals surface area contributed by atoms with Crippen molar-refractivity contribution in [1.29, 1.82) is 0 Å². The van der Waals surface area contributed by atoms with Crippen molar-refractivity contribution in [3.05, 3.63) is 193 Å². The minimum atomic E-state index is -7.99. The SMILES string of the molecule is CCCCCCCCCCCCCCCCCC[NH+](CCCCCCCCCCCC)c1ccccc1C.Fc1c(F)c(F)c2c(F)c([B-](c3c(F)c(F)c4c(F)c(F)c(F)c(F)c4c3F)(c3c(F)c(F)c4c(F)c(F)c(F)c(F)c4c3F)c3c(F)c(F)c4c(F)c(F)c(F)c(F)c4c3F)c(F)c(F)c2c1F. The smallest absolute Gasteiger partial charge is 0.198 e. The Morgan fingerprint density at radius 1 is 0.206 bits per heavy atom. The number of quaternary nitrogens is 1. The Morgan fingerprint density at radius 3 is 0.570 bits per heavy atom. The number of hydrogen-bond donors (Lipinski definition) is 1. The van der Waals surface area contributed by atoms with Crippen LogP contribution in [0, 0.1) is 170 Å². The highest BCUT2D eigenvalue weighted by Crippen LogP contribution is 2.41. The van der Waals surface area contributed by atoms with Gasteiger partial charge in [-0.25, -0.2) is 123 Å². The molecule has 0 saturated heterocycles. The van der Waals surface area contributed by atoms with Crippen molar-refractivity contribution in [1.82, 2.24) is 0 Å². The van der Waals surface area contributed by atoms with E-state index in [1.54, 1.807) is 10.6 Å². The fourth-order valence-corrected chi connectivity index (χ4v) is 14.5. The van der Waals surface area contributed by atoms with Crippen LogP contribution in [-0.2, 0) is 0 Å². The summed E-state index contributed by atoms with van der Waals surface area (Å²) in [5, 5.41) is -25.0. The lowest BCUT2D eigenvalue weighted by Gasteiger charge is -2.45. The molecule has 0 saturated carbocycles. The number of para-hydroxylation sites is 1. The monoisotopic (exact) mass is 1550 g/mol. The molecule has 0 amide bonds. The predicted octanol–water partition coefficient (Wildman–Crippen LogP) is 23.3. The summed E-state index contributed by atoms with van der Waals surface area (Å²) in [5.74, 6) is -102. The van der Waals surface area contributed by atoms with Gasteiger partial charge >= 0.3 is 0 Å². The van der Waals surface area contributed by atoms with Gasteiger partial charge in [-0.15, -0.1) is 21.9 Å². The summed E-state index contributed by atoms with van der Waals surface area (Å²) in [7, 11) is 0. The molecule has 582 valence electrons. The normalized spacial score (nSPS) is 12.3. The van der Waals surface area contributed by atoms with Crippen LogP contribution in [0.5, 0.6) is 0 Å². The fourth-order valence-electron chi connectivity index (χ4n) is 14.5. The van der Waals surface area contributed by atoms with Crippen molar-refractivity contribution >= 4 is 76.8 Å². The minimum Gasteiger partial charge on any atom is -0.302 e. The molecular weight excluding hydrogens is 1480 g/mol. The third-order valence-electron chi connectivity index (χ3n) is 19.9. The molecule has 9 aromatic rings. The number of hydrogen-bond acceptors (Lipinski definition) is 0. The van der Waals surface area contributed by atoms with Gasteiger partial charge in [0.2, 0.25) is 0 Å². The Hall–Kier alpha value is -7.92. The predicted molar refractivity (Wildman–Crippen MR) is 352 cm³/mol. The van der Waals surface area contributed by atoms with E-state index in [0.29, 0.717) is 0 Å². The van der Waals surface area contributed by atoms with Crippen molar-refractivity contribution in [2.24, 2.45) is 0 Å². The van der Waals surface area contributed by atoms with Crippen molar-refractivity contribution in [2.45, 2.75) is 188 Å². The van der Waals surface area contributed by atoms with Crippen LogP contribution in [0.4, 0.5) is 129 Å². The zero-order valence-corrected chi connectivity index (χ0v) is 57.8. The molecule has 0 bridgehead atoms. The molecule has 1 nitrogen and oxygen atoms in total. The number of aryl methyl sites for hydroxylation is 1.